The number of likely N-dealkylation sites (tertiary alicyclic amines) is 1. The number of nitrogens with one attached hydrogen (secondary N) is 1. The summed E-state index contributed by atoms with van der Waals surface area (Å²) in [7, 11) is 0. The molecule has 2 heterocycles. The summed E-state index contributed by atoms with van der Waals surface area (Å²) in [6.45, 7) is 3.42. The van der Waals surface area contributed by atoms with Gasteiger partial charge in [0.1, 0.15) is 5.60 Å². The standard InChI is InChI=1S/C22H33N5O4/c23-20(22(29)9-12-31-13-10-22)16-27(24)15-19-2-1-11-26(19)14-18-5-3-17(4-6-18)7-8-21(28)25-30/h3-8,16,19,29-30H,1-2,9-15,23-24H2,(H,25,28)/b8-7+,20-16-. The highest BCUT2D eigenvalue weighted by atomic mass is 16.5. The van der Waals surface area contributed by atoms with Crippen LogP contribution in [0.1, 0.15) is 36.8 Å². The Kier molecular flexibility index (Phi) is 8.05. The second-order valence-corrected chi connectivity index (χ2v) is 8.24. The quantitative estimate of drug-likeness (QED) is 0.175. The van der Waals surface area contributed by atoms with Gasteiger partial charge in [-0.05, 0) is 36.6 Å². The van der Waals surface area contributed by atoms with Gasteiger partial charge in [-0.1, -0.05) is 24.3 Å². The molecule has 1 unspecified atom stereocenters. The van der Waals surface area contributed by atoms with Gasteiger partial charge >= 0.3 is 0 Å². The van der Waals surface area contributed by atoms with E-state index in [0.717, 1.165) is 31.5 Å². The van der Waals surface area contributed by atoms with E-state index in [1.807, 2.05) is 24.3 Å². The molecule has 0 radical (unpaired) electrons. The summed E-state index contributed by atoms with van der Waals surface area (Å²) >= 11 is 0. The minimum Gasteiger partial charge on any atom is -0.398 e. The van der Waals surface area contributed by atoms with E-state index in [9.17, 15) is 9.90 Å². The van der Waals surface area contributed by atoms with Crippen LogP contribution >= 0.6 is 0 Å². The lowest BCUT2D eigenvalue weighted by Crippen LogP contribution is -2.45. The molecule has 3 rings (SSSR count). The molecule has 1 aromatic rings. The van der Waals surface area contributed by atoms with Gasteiger partial charge in [0.05, 0.1) is 5.70 Å². The van der Waals surface area contributed by atoms with Crippen LogP contribution in [0.25, 0.3) is 6.08 Å². The van der Waals surface area contributed by atoms with Gasteiger partial charge in [0.2, 0.25) is 0 Å². The Bertz CT molecular complexity index is 790. The van der Waals surface area contributed by atoms with Gasteiger partial charge in [-0.2, -0.15) is 0 Å². The maximum absolute atomic E-state index is 11.1. The van der Waals surface area contributed by atoms with Crippen molar-refractivity contribution in [3.05, 3.63) is 53.4 Å². The summed E-state index contributed by atoms with van der Waals surface area (Å²) in [4.78, 5) is 13.5. The third-order valence-corrected chi connectivity index (χ3v) is 5.99. The minimum atomic E-state index is -1.04. The monoisotopic (exact) mass is 431 g/mol. The van der Waals surface area contributed by atoms with Crippen LogP contribution in [0.5, 0.6) is 0 Å². The van der Waals surface area contributed by atoms with Crippen LogP contribution in [0.3, 0.4) is 0 Å². The molecule has 0 spiro atoms. The Hall–Kier alpha value is -2.43. The first-order chi connectivity index (χ1) is 14.9. The average Bonchev–Trinajstić information content (AvgIpc) is 3.19. The van der Waals surface area contributed by atoms with Crippen molar-refractivity contribution >= 4 is 12.0 Å². The summed E-state index contributed by atoms with van der Waals surface area (Å²) in [5.74, 6) is 5.65. The van der Waals surface area contributed by atoms with Crippen molar-refractivity contribution in [1.29, 1.82) is 0 Å². The fourth-order valence-electron chi connectivity index (χ4n) is 4.08. The predicted octanol–water partition coefficient (Wildman–Crippen LogP) is 0.687. The van der Waals surface area contributed by atoms with Gasteiger partial charge in [0.15, 0.2) is 0 Å². The molecule has 2 aliphatic rings. The lowest BCUT2D eigenvalue weighted by molar-refractivity contribution is -0.124. The molecule has 2 aliphatic heterocycles. The van der Waals surface area contributed by atoms with Crippen LogP contribution < -0.4 is 17.1 Å². The van der Waals surface area contributed by atoms with Crippen molar-refractivity contribution in [2.24, 2.45) is 11.6 Å². The van der Waals surface area contributed by atoms with E-state index >= 15 is 0 Å². The van der Waals surface area contributed by atoms with E-state index < -0.39 is 11.5 Å². The largest absolute Gasteiger partial charge is 0.398 e. The number of carbonyl (C=O) groups excluding carboxylic acids is 1. The molecule has 1 aromatic carbocycles. The van der Waals surface area contributed by atoms with E-state index in [2.05, 4.69) is 4.90 Å². The third-order valence-electron chi connectivity index (χ3n) is 5.99. The van der Waals surface area contributed by atoms with Gasteiger partial charge in [0.25, 0.3) is 5.91 Å². The molecule has 7 N–H and O–H groups in total. The maximum atomic E-state index is 11.1. The van der Waals surface area contributed by atoms with E-state index in [4.69, 9.17) is 21.5 Å². The molecule has 1 amide bonds. The zero-order chi connectivity index (χ0) is 22.3. The molecule has 31 heavy (non-hydrogen) atoms. The van der Waals surface area contributed by atoms with Crippen LogP contribution in [0, 0.1) is 0 Å². The second-order valence-electron chi connectivity index (χ2n) is 8.24. The Balaban J connectivity index is 1.55. The summed E-state index contributed by atoms with van der Waals surface area (Å²) in [6.07, 6.45) is 7.70. The van der Waals surface area contributed by atoms with Gasteiger partial charge in [-0.15, -0.1) is 0 Å². The van der Waals surface area contributed by atoms with Gasteiger partial charge in [-0.3, -0.25) is 14.9 Å². The first-order valence-electron chi connectivity index (χ1n) is 10.6. The first kappa shape index (κ1) is 23.2. The molecular formula is C22H33N5O4. The summed E-state index contributed by atoms with van der Waals surface area (Å²) in [5.41, 5.74) is 9.13. The number of nitrogens with zero attached hydrogens (tertiary/aromatic N) is 2. The number of amides is 1. The summed E-state index contributed by atoms with van der Waals surface area (Å²) in [6, 6.07) is 8.24. The zero-order valence-electron chi connectivity index (χ0n) is 17.7. The Morgan fingerprint density at radius 3 is 2.71 bits per heavy atom. The second kappa shape index (κ2) is 10.7. The number of nitrogens with two attached hydrogens (primary N) is 2. The summed E-state index contributed by atoms with van der Waals surface area (Å²) < 4.78 is 5.31. The van der Waals surface area contributed by atoms with Crippen LogP contribution in [0.15, 0.2) is 42.2 Å². The fraction of sp³-hybridized carbons (Fsp3) is 0.500. The van der Waals surface area contributed by atoms with Crippen molar-refractivity contribution in [3.63, 3.8) is 0 Å². The van der Waals surface area contributed by atoms with E-state index in [1.165, 1.54) is 11.6 Å². The van der Waals surface area contributed by atoms with Crippen molar-refractivity contribution < 1.29 is 19.8 Å². The minimum absolute atomic E-state index is 0.297. The lowest BCUT2D eigenvalue weighted by Gasteiger charge is -2.34. The van der Waals surface area contributed by atoms with Crippen LogP contribution in [0.2, 0.25) is 0 Å². The zero-order valence-corrected chi connectivity index (χ0v) is 17.7. The molecule has 9 nitrogen and oxygen atoms in total. The van der Waals surface area contributed by atoms with E-state index in [1.54, 1.807) is 22.8 Å². The highest BCUT2D eigenvalue weighted by Gasteiger charge is 2.33. The van der Waals surface area contributed by atoms with Crippen molar-refractivity contribution in [3.8, 4) is 0 Å². The molecular weight excluding hydrogens is 398 g/mol. The maximum Gasteiger partial charge on any atom is 0.267 e. The van der Waals surface area contributed by atoms with Gasteiger partial charge < -0.3 is 20.6 Å². The van der Waals surface area contributed by atoms with E-state index in [-0.39, 0.29) is 0 Å². The number of hydroxylamine groups is 1. The fourth-order valence-corrected chi connectivity index (χ4v) is 4.08. The van der Waals surface area contributed by atoms with Crippen LogP contribution in [-0.2, 0) is 16.1 Å². The smallest absolute Gasteiger partial charge is 0.267 e. The van der Waals surface area contributed by atoms with Crippen molar-refractivity contribution in [2.45, 2.75) is 43.9 Å². The SMILES string of the molecule is N/C(=C\N(N)CC1CCCN1Cc1ccc(/C=C/C(=O)NO)cc1)C1(O)CCOCC1. The number of rotatable bonds is 8. The molecule has 0 bridgehead atoms. The molecule has 1 atom stereocenters. The highest BCUT2D eigenvalue weighted by Crippen LogP contribution is 2.26. The number of carbonyl (C=O) groups is 1. The van der Waals surface area contributed by atoms with Gasteiger partial charge in [-0.25, -0.2) is 11.3 Å². The number of hydrogen-bond acceptors (Lipinski definition) is 8. The highest BCUT2D eigenvalue weighted by molar-refractivity contribution is 5.90. The molecule has 0 saturated carbocycles. The Morgan fingerprint density at radius 1 is 1.32 bits per heavy atom. The van der Waals surface area contributed by atoms with Crippen molar-refractivity contribution in [2.75, 3.05) is 26.3 Å². The average molecular weight is 432 g/mol. The molecule has 2 saturated heterocycles. The van der Waals surface area contributed by atoms with Crippen LogP contribution in [-0.4, -0.2) is 64.1 Å². The van der Waals surface area contributed by atoms with Crippen molar-refractivity contribution in [1.82, 2.24) is 15.4 Å². The van der Waals surface area contributed by atoms with Crippen LogP contribution in [0.4, 0.5) is 0 Å². The third kappa shape index (κ3) is 6.52. The Labute approximate surface area is 182 Å². The number of ether oxygens (including phenoxy) is 1. The van der Waals surface area contributed by atoms with E-state index in [0.29, 0.717) is 44.3 Å². The topological polar surface area (TPSA) is 137 Å². The Morgan fingerprint density at radius 2 is 2.03 bits per heavy atom. The first-order valence-corrected chi connectivity index (χ1v) is 10.6. The predicted molar refractivity (Wildman–Crippen MR) is 117 cm³/mol. The summed E-state index contributed by atoms with van der Waals surface area (Å²) in [5, 5.41) is 20.8. The number of aliphatic hydroxyl groups is 1. The molecule has 9 heteroatoms. The molecule has 170 valence electrons. The number of hydrazine groups is 1. The molecule has 0 aromatic heterocycles. The lowest BCUT2D eigenvalue weighted by atomic mass is 9.91. The van der Waals surface area contributed by atoms with Gasteiger partial charge in [0, 0.05) is 57.5 Å². The number of benzene rings is 1. The normalized spacial score (nSPS) is 22.0. The molecule has 0 aliphatic carbocycles. The molecule has 2 fully saturated rings. The number of hydrogen-bond donors (Lipinski definition) is 5.